The Morgan fingerprint density at radius 3 is 2.17 bits per heavy atom. The molecule has 0 fully saturated rings. The summed E-state index contributed by atoms with van der Waals surface area (Å²) in [6.07, 6.45) is -0.481. The maximum absolute atomic E-state index is 10.1. The summed E-state index contributed by atoms with van der Waals surface area (Å²) in [6, 6.07) is 18.8. The largest absolute Gasteiger partial charge is 0.491 e. The Hall–Kier alpha value is -1.84. The van der Waals surface area contributed by atoms with E-state index in [2.05, 4.69) is 50.4 Å². The van der Waals surface area contributed by atoms with E-state index in [1.807, 2.05) is 30.3 Å². The monoisotopic (exact) mass is 314 g/mol. The van der Waals surface area contributed by atoms with Crippen LogP contribution in [0, 0.1) is 0 Å². The fourth-order valence-corrected chi connectivity index (χ4v) is 2.46. The van der Waals surface area contributed by atoms with Gasteiger partial charge in [0.05, 0.1) is 0 Å². The van der Waals surface area contributed by atoms with Crippen molar-refractivity contribution in [3.05, 3.63) is 65.7 Å². The van der Waals surface area contributed by atoms with Crippen LogP contribution in [0.2, 0.25) is 0 Å². The predicted molar refractivity (Wildman–Crippen MR) is 93.7 cm³/mol. The third-order valence-corrected chi connectivity index (χ3v) is 4.08. The zero-order valence-corrected chi connectivity index (χ0v) is 14.3. The quantitative estimate of drug-likeness (QED) is 0.787. The van der Waals surface area contributed by atoms with Crippen molar-refractivity contribution in [3.8, 4) is 5.75 Å². The van der Waals surface area contributed by atoms with Crippen LogP contribution >= 0.6 is 0 Å². The summed E-state index contributed by atoms with van der Waals surface area (Å²) in [6.45, 7) is 7.43. The molecule has 0 unspecified atom stereocenters. The van der Waals surface area contributed by atoms with E-state index in [-0.39, 0.29) is 0 Å². The lowest BCUT2D eigenvalue weighted by molar-refractivity contribution is -0.698. The van der Waals surface area contributed by atoms with E-state index in [4.69, 9.17) is 4.74 Å². The van der Waals surface area contributed by atoms with Crippen LogP contribution < -0.4 is 10.1 Å². The van der Waals surface area contributed by atoms with Crippen LogP contribution in [0.25, 0.3) is 0 Å². The molecule has 2 rings (SSSR count). The van der Waals surface area contributed by atoms with Gasteiger partial charge in [0.15, 0.2) is 0 Å². The number of aliphatic hydroxyl groups is 1. The highest BCUT2D eigenvalue weighted by molar-refractivity contribution is 5.28. The van der Waals surface area contributed by atoms with Gasteiger partial charge in [-0.2, -0.15) is 0 Å². The molecule has 0 aliphatic rings. The lowest BCUT2D eigenvalue weighted by Gasteiger charge is -2.15. The number of hydrogen-bond acceptors (Lipinski definition) is 2. The summed E-state index contributed by atoms with van der Waals surface area (Å²) in [5.41, 5.74) is 2.56. The molecule has 3 N–H and O–H groups in total. The highest BCUT2D eigenvalue weighted by atomic mass is 16.5. The topological polar surface area (TPSA) is 46.1 Å². The van der Waals surface area contributed by atoms with Crippen LogP contribution in [0.15, 0.2) is 54.6 Å². The van der Waals surface area contributed by atoms with Gasteiger partial charge in [-0.15, -0.1) is 0 Å². The molecule has 0 saturated carbocycles. The lowest BCUT2D eigenvalue weighted by atomic mass is 10.0. The minimum absolute atomic E-state index is 0.318. The third kappa shape index (κ3) is 5.70. The van der Waals surface area contributed by atoms with Crippen molar-refractivity contribution in [2.45, 2.75) is 38.8 Å². The van der Waals surface area contributed by atoms with Crippen molar-refractivity contribution in [3.63, 3.8) is 0 Å². The van der Waals surface area contributed by atoms with Gasteiger partial charge in [-0.25, -0.2) is 0 Å². The molecule has 124 valence electrons. The minimum atomic E-state index is -0.481. The average Bonchev–Trinajstić information content (AvgIpc) is 2.59. The van der Waals surface area contributed by atoms with Crippen LogP contribution in [0.1, 0.15) is 43.9 Å². The van der Waals surface area contributed by atoms with E-state index in [1.54, 1.807) is 0 Å². The lowest BCUT2D eigenvalue weighted by Crippen LogP contribution is -2.87. The number of aliphatic hydroxyl groups excluding tert-OH is 1. The molecular weight excluding hydrogens is 286 g/mol. The van der Waals surface area contributed by atoms with Gasteiger partial charge in [0.25, 0.3) is 0 Å². The molecule has 2 atom stereocenters. The van der Waals surface area contributed by atoms with E-state index in [0.717, 1.165) is 5.75 Å². The van der Waals surface area contributed by atoms with Gasteiger partial charge >= 0.3 is 0 Å². The highest BCUT2D eigenvalue weighted by Gasteiger charge is 2.12. The Morgan fingerprint density at radius 2 is 1.57 bits per heavy atom. The van der Waals surface area contributed by atoms with Crippen molar-refractivity contribution in [1.29, 1.82) is 0 Å². The molecule has 2 aromatic carbocycles. The molecule has 23 heavy (non-hydrogen) atoms. The first-order valence-electron chi connectivity index (χ1n) is 8.35. The average molecular weight is 314 g/mol. The summed E-state index contributed by atoms with van der Waals surface area (Å²) in [7, 11) is 0. The molecule has 0 aliphatic heterocycles. The first kappa shape index (κ1) is 17.5. The third-order valence-electron chi connectivity index (χ3n) is 4.08. The standard InChI is InChI=1S/C20H27NO2/c1-15(2)17-9-11-20(12-10-17)23-14-19(22)13-21-16(3)18-7-5-4-6-8-18/h4-12,15-16,19,21-22H,13-14H2,1-3H3/p+1/t16-,19+/m1/s1. The molecule has 0 heterocycles. The first-order chi connectivity index (χ1) is 11.1. The number of quaternary nitrogens is 1. The molecule has 0 amide bonds. The molecule has 0 aliphatic carbocycles. The molecule has 0 spiro atoms. The van der Waals surface area contributed by atoms with Gasteiger partial charge in [-0.3, -0.25) is 0 Å². The molecule has 3 nitrogen and oxygen atoms in total. The summed E-state index contributed by atoms with van der Waals surface area (Å²) in [5.74, 6) is 1.33. The molecule has 0 aromatic heterocycles. The second-order valence-corrected chi connectivity index (χ2v) is 6.36. The van der Waals surface area contributed by atoms with Crippen LogP contribution in [-0.4, -0.2) is 24.4 Å². The van der Waals surface area contributed by atoms with Crippen LogP contribution in [0.5, 0.6) is 5.75 Å². The van der Waals surface area contributed by atoms with Gasteiger partial charge in [-0.05, 0) is 30.5 Å². The molecule has 3 heteroatoms. The number of rotatable bonds is 8. The smallest absolute Gasteiger partial charge is 0.137 e. The highest BCUT2D eigenvalue weighted by Crippen LogP contribution is 2.18. The number of ether oxygens (including phenoxy) is 1. The van der Waals surface area contributed by atoms with Gasteiger partial charge in [0, 0.05) is 5.56 Å². The van der Waals surface area contributed by atoms with E-state index in [1.165, 1.54) is 11.1 Å². The summed E-state index contributed by atoms with van der Waals surface area (Å²) < 4.78 is 5.67. The van der Waals surface area contributed by atoms with E-state index >= 15 is 0 Å². The van der Waals surface area contributed by atoms with Crippen LogP contribution in [-0.2, 0) is 0 Å². The zero-order valence-electron chi connectivity index (χ0n) is 14.3. The van der Waals surface area contributed by atoms with Crippen molar-refractivity contribution < 1.29 is 15.2 Å². The van der Waals surface area contributed by atoms with Crippen molar-refractivity contribution in [1.82, 2.24) is 0 Å². The Kier molecular flexibility index (Phi) is 6.63. The molecule has 0 saturated heterocycles. The number of benzene rings is 2. The number of nitrogens with two attached hydrogens (primary N) is 1. The van der Waals surface area contributed by atoms with Gasteiger partial charge in [0.1, 0.15) is 31.0 Å². The van der Waals surface area contributed by atoms with Gasteiger partial charge in [-0.1, -0.05) is 56.3 Å². The zero-order chi connectivity index (χ0) is 16.7. The molecular formula is C20H28NO2+. The summed E-state index contributed by atoms with van der Waals surface area (Å²) in [5, 5.41) is 12.2. The van der Waals surface area contributed by atoms with E-state index < -0.39 is 6.10 Å². The van der Waals surface area contributed by atoms with Gasteiger partial charge in [0.2, 0.25) is 0 Å². The Balaban J connectivity index is 1.73. The fraction of sp³-hybridized carbons (Fsp3) is 0.400. The molecule has 0 radical (unpaired) electrons. The Labute approximate surface area is 139 Å². The van der Waals surface area contributed by atoms with E-state index in [0.29, 0.717) is 25.1 Å². The van der Waals surface area contributed by atoms with Crippen LogP contribution in [0.4, 0.5) is 0 Å². The van der Waals surface area contributed by atoms with Gasteiger partial charge < -0.3 is 15.2 Å². The first-order valence-corrected chi connectivity index (χ1v) is 8.35. The van der Waals surface area contributed by atoms with Crippen molar-refractivity contribution >= 4 is 0 Å². The Morgan fingerprint density at radius 1 is 0.913 bits per heavy atom. The number of hydrogen-bond donors (Lipinski definition) is 2. The maximum Gasteiger partial charge on any atom is 0.137 e. The van der Waals surface area contributed by atoms with Crippen molar-refractivity contribution in [2.24, 2.45) is 0 Å². The second kappa shape index (κ2) is 8.70. The fourth-order valence-electron chi connectivity index (χ4n) is 2.46. The normalized spacial score (nSPS) is 13.8. The predicted octanol–water partition coefficient (Wildman–Crippen LogP) is 2.87. The Bertz CT molecular complexity index is 566. The molecule has 2 aromatic rings. The SMILES string of the molecule is CC(C)c1ccc(OC[C@@H](O)C[NH2+][C@H](C)c2ccccc2)cc1. The minimum Gasteiger partial charge on any atom is -0.491 e. The van der Waals surface area contributed by atoms with Crippen LogP contribution in [0.3, 0.4) is 0 Å². The maximum atomic E-state index is 10.1. The summed E-state index contributed by atoms with van der Waals surface area (Å²) in [4.78, 5) is 0. The summed E-state index contributed by atoms with van der Waals surface area (Å²) >= 11 is 0. The molecule has 0 bridgehead atoms. The van der Waals surface area contributed by atoms with Crippen molar-refractivity contribution in [2.75, 3.05) is 13.2 Å². The van der Waals surface area contributed by atoms with E-state index in [9.17, 15) is 5.11 Å². The second-order valence-electron chi connectivity index (χ2n) is 6.36.